The summed E-state index contributed by atoms with van der Waals surface area (Å²) in [6.45, 7) is 1.50. The quantitative estimate of drug-likeness (QED) is 0.0317. The Bertz CT molecular complexity index is 1560. The van der Waals surface area contributed by atoms with Crippen molar-refractivity contribution in [3.8, 4) is 0 Å². The number of rotatable bonds is 36. The largest absolute Gasteiger partial charge is 0.394 e. The highest BCUT2D eigenvalue weighted by Gasteiger charge is 2.53. The van der Waals surface area contributed by atoms with Crippen molar-refractivity contribution in [2.75, 3.05) is 26.4 Å². The van der Waals surface area contributed by atoms with Gasteiger partial charge >= 0.3 is 0 Å². The predicted molar refractivity (Wildman–Crippen MR) is 268 cm³/mol. The van der Waals surface area contributed by atoms with Gasteiger partial charge in [0, 0.05) is 6.42 Å². The minimum atomic E-state index is -1.98. The molecule has 0 aromatic rings. The number of nitrogens with one attached hydrogen (secondary N) is 1. The smallest absolute Gasteiger partial charge is 0.220 e. The number of unbranched alkanes of at least 4 members (excludes halogenated alkanes) is 12. The van der Waals surface area contributed by atoms with Gasteiger partial charge in [0.25, 0.3) is 0 Å². The van der Waals surface area contributed by atoms with E-state index in [2.05, 4.69) is 67.8 Å². The molecule has 3 heterocycles. The van der Waals surface area contributed by atoms with Crippen LogP contribution in [0.2, 0.25) is 0 Å². The summed E-state index contributed by atoms with van der Waals surface area (Å²) < 4.78 is 34.1. The Labute approximate surface area is 426 Å². The van der Waals surface area contributed by atoms with Crippen LogP contribution in [-0.4, -0.2) is 193 Å². The molecule has 72 heavy (non-hydrogen) atoms. The Morgan fingerprint density at radius 1 is 0.514 bits per heavy atom. The van der Waals surface area contributed by atoms with E-state index in [-0.39, 0.29) is 18.9 Å². The van der Waals surface area contributed by atoms with Gasteiger partial charge in [0.15, 0.2) is 18.9 Å². The predicted octanol–water partition coefficient (Wildman–Crippen LogP) is 2.53. The van der Waals surface area contributed by atoms with Gasteiger partial charge in [0.1, 0.15) is 73.2 Å². The monoisotopic (exact) mass is 1030 g/mol. The van der Waals surface area contributed by atoms with Crippen LogP contribution in [0.4, 0.5) is 0 Å². The van der Waals surface area contributed by atoms with E-state index in [1.54, 1.807) is 6.08 Å². The second-order valence-corrected chi connectivity index (χ2v) is 18.9. The third-order valence-corrected chi connectivity index (χ3v) is 13.0. The number of hydrogen-bond acceptors (Lipinski definition) is 18. The molecule has 3 fully saturated rings. The van der Waals surface area contributed by atoms with Crippen LogP contribution in [0, 0.1) is 0 Å². The molecule has 17 atom stereocenters. The average molecular weight is 1030 g/mol. The number of aliphatic hydroxyl groups is 11. The zero-order valence-corrected chi connectivity index (χ0v) is 42.6. The zero-order chi connectivity index (χ0) is 52.7. The van der Waals surface area contributed by atoms with E-state index in [1.807, 2.05) is 6.08 Å². The lowest BCUT2D eigenvalue weighted by atomic mass is 9.96. The van der Waals surface area contributed by atoms with Gasteiger partial charge in [0.2, 0.25) is 5.91 Å². The Hall–Kier alpha value is -2.51. The molecule has 0 aliphatic carbocycles. The fourth-order valence-electron chi connectivity index (χ4n) is 8.63. The SMILES string of the molecule is CC/C=C\C/C=C\C/C=C\CCCCCC(=O)NC(COC1OC(CO)C(OC2OC(CO)C(OC3OC(CO)C(O)C(O)C3O)C(O)C2O)C(O)C1O)C(O)/C=C/CC/C=C/CCCCCCCCCC. The van der Waals surface area contributed by atoms with Gasteiger partial charge in [-0.1, -0.05) is 126 Å². The van der Waals surface area contributed by atoms with Crippen LogP contribution in [0.5, 0.6) is 0 Å². The Morgan fingerprint density at radius 2 is 0.972 bits per heavy atom. The summed E-state index contributed by atoms with van der Waals surface area (Å²) >= 11 is 0. The van der Waals surface area contributed by atoms with Crippen LogP contribution in [0.3, 0.4) is 0 Å². The second kappa shape index (κ2) is 37.3. The van der Waals surface area contributed by atoms with E-state index < -0.39 is 124 Å². The first-order valence-electron chi connectivity index (χ1n) is 26.5. The molecule has 0 radical (unpaired) electrons. The summed E-state index contributed by atoms with van der Waals surface area (Å²) in [6, 6.07) is -1.00. The summed E-state index contributed by atoms with van der Waals surface area (Å²) in [5.74, 6) is -0.320. The van der Waals surface area contributed by atoms with Crippen molar-refractivity contribution >= 4 is 5.91 Å². The van der Waals surface area contributed by atoms with Crippen LogP contribution < -0.4 is 5.32 Å². The summed E-state index contributed by atoms with van der Waals surface area (Å²) in [6.07, 6.45) is 12.3. The number of carbonyl (C=O) groups excluding carboxylic acids is 1. The first kappa shape index (κ1) is 63.8. The van der Waals surface area contributed by atoms with Crippen molar-refractivity contribution in [3.05, 3.63) is 60.8 Å². The van der Waals surface area contributed by atoms with Gasteiger partial charge in [-0.25, -0.2) is 0 Å². The van der Waals surface area contributed by atoms with E-state index in [0.29, 0.717) is 12.8 Å². The van der Waals surface area contributed by atoms with Crippen molar-refractivity contribution in [2.45, 2.75) is 240 Å². The summed E-state index contributed by atoms with van der Waals surface area (Å²) in [5, 5.41) is 120. The summed E-state index contributed by atoms with van der Waals surface area (Å²) in [7, 11) is 0. The first-order chi connectivity index (χ1) is 34.8. The highest BCUT2D eigenvalue weighted by molar-refractivity contribution is 5.76. The highest BCUT2D eigenvalue weighted by Crippen LogP contribution is 2.33. The van der Waals surface area contributed by atoms with E-state index in [4.69, 9.17) is 28.4 Å². The lowest BCUT2D eigenvalue weighted by Crippen LogP contribution is -2.66. The molecule has 17 unspecified atom stereocenters. The van der Waals surface area contributed by atoms with Crippen LogP contribution in [0.1, 0.15) is 136 Å². The third kappa shape index (κ3) is 22.4. The van der Waals surface area contributed by atoms with E-state index in [0.717, 1.165) is 57.8 Å². The number of allylic oxidation sites excluding steroid dienone is 9. The Kier molecular flexibility index (Phi) is 33.0. The van der Waals surface area contributed by atoms with Gasteiger partial charge < -0.3 is 89.9 Å². The van der Waals surface area contributed by atoms with Crippen LogP contribution >= 0.6 is 0 Å². The van der Waals surface area contributed by atoms with Crippen molar-refractivity contribution in [2.24, 2.45) is 0 Å². The maximum atomic E-state index is 13.2. The number of aliphatic hydroxyl groups excluding tert-OH is 11. The van der Waals surface area contributed by atoms with Crippen molar-refractivity contribution in [1.82, 2.24) is 5.32 Å². The second-order valence-electron chi connectivity index (χ2n) is 18.9. The number of hydrogen-bond donors (Lipinski definition) is 12. The maximum absolute atomic E-state index is 13.2. The molecular formula is C53H91NO18. The minimum Gasteiger partial charge on any atom is -0.394 e. The molecule has 0 spiro atoms. The standard InChI is InChI=1S/C53H91NO18/c1-3-5-7-9-11-13-15-17-19-20-22-24-26-28-30-37(58)36(54-41(59)31-29-27-25-23-21-18-16-14-12-10-8-6-4-2)35-67-51-47(65)44(62)49(39(33-56)69-51)72-53-48(66)45(63)50(40(34-57)70-53)71-52-46(64)43(61)42(60)38(32-55)68-52/h6,8,12,14,18,20-22,28,30,36-40,42-53,55-58,60-66H,3-5,7,9-11,13,15-17,19,23-27,29,31-35H2,1-2H3,(H,54,59)/b8-6-,14-12-,21-18-,22-20+,30-28+. The van der Waals surface area contributed by atoms with E-state index in [1.165, 1.54) is 44.9 Å². The fraction of sp³-hybridized carbons (Fsp3) is 0.792. The molecule has 3 aliphatic rings. The average Bonchev–Trinajstić information content (AvgIpc) is 3.37. The van der Waals surface area contributed by atoms with Crippen LogP contribution in [-0.2, 0) is 33.2 Å². The van der Waals surface area contributed by atoms with Gasteiger partial charge in [-0.05, 0) is 64.2 Å². The normalized spacial score (nSPS) is 32.5. The van der Waals surface area contributed by atoms with Crippen molar-refractivity contribution < 1.29 is 89.4 Å². The Morgan fingerprint density at radius 3 is 1.56 bits per heavy atom. The third-order valence-electron chi connectivity index (χ3n) is 13.0. The molecule has 12 N–H and O–H groups in total. The minimum absolute atomic E-state index is 0.197. The molecule has 0 aromatic carbocycles. The first-order valence-corrected chi connectivity index (χ1v) is 26.5. The van der Waals surface area contributed by atoms with Crippen LogP contribution in [0.15, 0.2) is 60.8 Å². The molecule has 3 saturated heterocycles. The van der Waals surface area contributed by atoms with Gasteiger partial charge in [0.05, 0.1) is 38.6 Å². The number of amides is 1. The number of carbonyl (C=O) groups is 1. The number of ether oxygens (including phenoxy) is 6. The molecule has 1 amide bonds. The van der Waals surface area contributed by atoms with Gasteiger partial charge in [-0.15, -0.1) is 0 Å². The Balaban J connectivity index is 1.58. The molecule has 416 valence electrons. The fourth-order valence-corrected chi connectivity index (χ4v) is 8.63. The molecule has 19 nitrogen and oxygen atoms in total. The van der Waals surface area contributed by atoms with Crippen LogP contribution in [0.25, 0.3) is 0 Å². The molecule has 0 bridgehead atoms. The lowest BCUT2D eigenvalue weighted by molar-refractivity contribution is -0.379. The summed E-state index contributed by atoms with van der Waals surface area (Å²) in [4.78, 5) is 13.2. The highest BCUT2D eigenvalue weighted by atomic mass is 16.8. The molecule has 0 aromatic heterocycles. The zero-order valence-electron chi connectivity index (χ0n) is 42.6. The molecular weight excluding hydrogens is 939 g/mol. The van der Waals surface area contributed by atoms with Crippen molar-refractivity contribution in [3.63, 3.8) is 0 Å². The van der Waals surface area contributed by atoms with E-state index >= 15 is 0 Å². The lowest BCUT2D eigenvalue weighted by Gasteiger charge is -2.48. The van der Waals surface area contributed by atoms with Crippen molar-refractivity contribution in [1.29, 1.82) is 0 Å². The maximum Gasteiger partial charge on any atom is 0.220 e. The molecule has 3 aliphatic heterocycles. The summed E-state index contributed by atoms with van der Waals surface area (Å²) in [5.41, 5.74) is 0. The van der Waals surface area contributed by atoms with Gasteiger partial charge in [-0.3, -0.25) is 4.79 Å². The van der Waals surface area contributed by atoms with E-state index in [9.17, 15) is 61.0 Å². The molecule has 0 saturated carbocycles. The molecule has 19 heteroatoms. The molecule has 3 rings (SSSR count). The van der Waals surface area contributed by atoms with Gasteiger partial charge in [-0.2, -0.15) is 0 Å². The topological polar surface area (TPSA) is 307 Å².